The Hall–Kier alpha value is -3.35. The van der Waals surface area contributed by atoms with E-state index >= 15 is 0 Å². The van der Waals surface area contributed by atoms with Crippen molar-refractivity contribution in [2.75, 3.05) is 11.4 Å². The molecule has 0 unspecified atom stereocenters. The van der Waals surface area contributed by atoms with Gasteiger partial charge in [0.05, 0.1) is 16.9 Å². The van der Waals surface area contributed by atoms with Gasteiger partial charge in [0.2, 0.25) is 0 Å². The number of anilines is 1. The summed E-state index contributed by atoms with van der Waals surface area (Å²) in [4.78, 5) is 18.5. The summed E-state index contributed by atoms with van der Waals surface area (Å²) in [5.41, 5.74) is 0.474. The van der Waals surface area contributed by atoms with Crippen molar-refractivity contribution in [2.45, 2.75) is 13.1 Å². The molecule has 2 aromatic carbocycles. The number of aliphatic hydroxyl groups is 1. The lowest BCUT2D eigenvalue weighted by Crippen LogP contribution is -2.30. The Morgan fingerprint density at radius 3 is 2.64 bits per heavy atom. The summed E-state index contributed by atoms with van der Waals surface area (Å²) in [6.45, 7) is 1.87. The number of fused-ring (bicyclic) bond motifs is 1. The zero-order chi connectivity index (χ0) is 20.3. The molecule has 1 aliphatic rings. The highest BCUT2D eigenvalue weighted by atomic mass is 19.4. The molecule has 1 aliphatic heterocycles. The number of benzene rings is 2. The summed E-state index contributed by atoms with van der Waals surface area (Å²) >= 11 is 0. The standard InChI is InChI=1S/C21H17F3N2O2/c1-2-16(27)9-6-12-26-18-11-4-3-10-17(18)19(20(26)28)25-15-8-5-7-14(13-15)21(22,23)24/h2-11,13,27H,12H2,1H3/b9-6-,16-2+,25-19?. The first-order valence-electron chi connectivity index (χ1n) is 8.50. The summed E-state index contributed by atoms with van der Waals surface area (Å²) in [7, 11) is 0. The smallest absolute Gasteiger partial charge is 0.416 e. The van der Waals surface area contributed by atoms with E-state index in [1.54, 1.807) is 37.3 Å². The van der Waals surface area contributed by atoms with Crippen LogP contribution in [-0.4, -0.2) is 23.3 Å². The highest BCUT2D eigenvalue weighted by Crippen LogP contribution is 2.34. The van der Waals surface area contributed by atoms with Crippen LogP contribution in [-0.2, 0) is 11.0 Å². The second-order valence-electron chi connectivity index (χ2n) is 6.06. The summed E-state index contributed by atoms with van der Waals surface area (Å²) in [5, 5.41) is 9.49. The number of carbonyl (C=O) groups is 1. The van der Waals surface area contributed by atoms with E-state index in [0.717, 1.165) is 12.1 Å². The maximum absolute atomic E-state index is 12.9. The molecule has 0 atom stereocenters. The fourth-order valence-electron chi connectivity index (χ4n) is 2.81. The van der Waals surface area contributed by atoms with Crippen LogP contribution in [0.15, 0.2) is 77.5 Å². The monoisotopic (exact) mass is 386 g/mol. The molecule has 4 nitrogen and oxygen atoms in total. The van der Waals surface area contributed by atoms with E-state index in [1.165, 1.54) is 29.2 Å². The molecule has 2 aromatic rings. The van der Waals surface area contributed by atoms with Crippen LogP contribution in [0.1, 0.15) is 18.1 Å². The van der Waals surface area contributed by atoms with E-state index in [0.29, 0.717) is 11.3 Å². The number of rotatable bonds is 4. The van der Waals surface area contributed by atoms with Crippen LogP contribution in [0.3, 0.4) is 0 Å². The van der Waals surface area contributed by atoms with Gasteiger partial charge in [0.1, 0.15) is 11.5 Å². The van der Waals surface area contributed by atoms with Gasteiger partial charge in [-0.2, -0.15) is 13.2 Å². The van der Waals surface area contributed by atoms with Crippen LogP contribution >= 0.6 is 0 Å². The SMILES string of the molecule is C/C=C(O)\C=C/CN1C(=O)C(=Nc2cccc(C(F)(F)F)c2)c2ccccc21. The highest BCUT2D eigenvalue weighted by molar-refractivity contribution is 6.54. The van der Waals surface area contributed by atoms with Gasteiger partial charge in [0, 0.05) is 12.1 Å². The highest BCUT2D eigenvalue weighted by Gasteiger charge is 2.34. The molecule has 0 aliphatic carbocycles. The fraction of sp³-hybridized carbons (Fsp3) is 0.143. The number of alkyl halides is 3. The van der Waals surface area contributed by atoms with Crippen LogP contribution in [0.5, 0.6) is 0 Å². The van der Waals surface area contributed by atoms with Crippen LogP contribution in [0.2, 0.25) is 0 Å². The molecule has 28 heavy (non-hydrogen) atoms. The van der Waals surface area contributed by atoms with E-state index in [4.69, 9.17) is 0 Å². The molecule has 0 bridgehead atoms. The topological polar surface area (TPSA) is 52.9 Å². The van der Waals surface area contributed by atoms with Gasteiger partial charge in [-0.15, -0.1) is 0 Å². The van der Waals surface area contributed by atoms with Crippen LogP contribution in [0, 0.1) is 0 Å². The van der Waals surface area contributed by atoms with Gasteiger partial charge >= 0.3 is 6.18 Å². The molecule has 7 heteroatoms. The zero-order valence-electron chi connectivity index (χ0n) is 14.9. The Balaban J connectivity index is 1.98. The average molecular weight is 386 g/mol. The van der Waals surface area contributed by atoms with Gasteiger partial charge < -0.3 is 10.0 Å². The van der Waals surface area contributed by atoms with Gasteiger partial charge in [-0.25, -0.2) is 4.99 Å². The predicted octanol–water partition coefficient (Wildman–Crippen LogP) is 5.19. The van der Waals surface area contributed by atoms with Gasteiger partial charge in [0.25, 0.3) is 5.91 Å². The second-order valence-corrected chi connectivity index (χ2v) is 6.06. The molecule has 144 valence electrons. The van der Waals surface area contributed by atoms with Crippen molar-refractivity contribution < 1.29 is 23.1 Å². The molecular weight excluding hydrogens is 369 g/mol. The lowest BCUT2D eigenvalue weighted by Gasteiger charge is -2.14. The summed E-state index contributed by atoms with van der Waals surface area (Å²) in [5.74, 6) is -0.346. The summed E-state index contributed by atoms with van der Waals surface area (Å²) in [6.07, 6.45) is 0.116. The van der Waals surface area contributed by atoms with Gasteiger partial charge in [-0.05, 0) is 43.3 Å². The number of allylic oxidation sites excluding steroid dienone is 2. The molecule has 3 rings (SSSR count). The number of nitrogens with zero attached hydrogens (tertiary/aromatic N) is 2. The second kappa shape index (κ2) is 7.72. The Kier molecular flexibility index (Phi) is 5.35. The molecule has 0 saturated carbocycles. The minimum absolute atomic E-state index is 0.0527. The van der Waals surface area contributed by atoms with E-state index in [9.17, 15) is 23.1 Å². The molecule has 0 saturated heterocycles. The third-order valence-corrected chi connectivity index (χ3v) is 4.18. The molecule has 1 N–H and O–H groups in total. The van der Waals surface area contributed by atoms with Crippen molar-refractivity contribution in [1.29, 1.82) is 0 Å². The maximum atomic E-state index is 12.9. The van der Waals surface area contributed by atoms with Crippen molar-refractivity contribution in [2.24, 2.45) is 4.99 Å². The number of hydrogen-bond acceptors (Lipinski definition) is 3. The quantitative estimate of drug-likeness (QED) is 0.581. The van der Waals surface area contributed by atoms with E-state index in [2.05, 4.69) is 4.99 Å². The van der Waals surface area contributed by atoms with Crippen LogP contribution in [0.4, 0.5) is 24.5 Å². The lowest BCUT2D eigenvalue weighted by molar-refractivity contribution is -0.137. The number of carbonyl (C=O) groups excluding carboxylic acids is 1. The van der Waals surface area contributed by atoms with Gasteiger partial charge in [-0.3, -0.25) is 4.79 Å². The molecule has 1 amide bonds. The Bertz CT molecular complexity index is 991. The van der Waals surface area contributed by atoms with Crippen molar-refractivity contribution in [1.82, 2.24) is 0 Å². The number of halogens is 3. The molecular formula is C21H17F3N2O2. The van der Waals surface area contributed by atoms with Crippen molar-refractivity contribution in [3.63, 3.8) is 0 Å². The number of hydrogen-bond donors (Lipinski definition) is 1. The third-order valence-electron chi connectivity index (χ3n) is 4.18. The fourth-order valence-corrected chi connectivity index (χ4v) is 2.81. The Morgan fingerprint density at radius 1 is 1.18 bits per heavy atom. The average Bonchev–Trinajstić information content (AvgIpc) is 2.93. The lowest BCUT2D eigenvalue weighted by atomic mass is 10.1. The Morgan fingerprint density at radius 2 is 1.93 bits per heavy atom. The molecule has 0 aromatic heterocycles. The van der Waals surface area contributed by atoms with Gasteiger partial charge in [-0.1, -0.05) is 30.3 Å². The van der Waals surface area contributed by atoms with Crippen molar-refractivity contribution in [3.8, 4) is 0 Å². The maximum Gasteiger partial charge on any atom is 0.416 e. The zero-order valence-corrected chi connectivity index (χ0v) is 14.9. The number of aliphatic hydroxyl groups excluding tert-OH is 1. The van der Waals surface area contributed by atoms with Crippen molar-refractivity contribution in [3.05, 3.63) is 83.6 Å². The van der Waals surface area contributed by atoms with E-state index < -0.39 is 17.6 Å². The van der Waals surface area contributed by atoms with Crippen LogP contribution < -0.4 is 4.90 Å². The normalized spacial score (nSPS) is 16.3. The molecule has 0 spiro atoms. The number of aliphatic imine (C=N–C) groups is 1. The summed E-state index contributed by atoms with van der Waals surface area (Å²) in [6, 6.07) is 11.5. The largest absolute Gasteiger partial charge is 0.508 e. The van der Waals surface area contributed by atoms with Crippen molar-refractivity contribution >= 4 is 23.0 Å². The molecule has 1 heterocycles. The van der Waals surface area contributed by atoms with Gasteiger partial charge in [0.15, 0.2) is 0 Å². The third kappa shape index (κ3) is 3.98. The van der Waals surface area contributed by atoms with Crippen LogP contribution in [0.25, 0.3) is 0 Å². The van der Waals surface area contributed by atoms with E-state index in [-0.39, 0.29) is 23.7 Å². The number of amides is 1. The Labute approximate surface area is 159 Å². The molecule has 0 fully saturated rings. The number of para-hydroxylation sites is 1. The first-order valence-corrected chi connectivity index (χ1v) is 8.50. The van der Waals surface area contributed by atoms with E-state index in [1.807, 2.05) is 0 Å². The minimum atomic E-state index is -4.49. The predicted molar refractivity (Wildman–Crippen MR) is 102 cm³/mol. The first-order chi connectivity index (χ1) is 13.3. The summed E-state index contributed by atoms with van der Waals surface area (Å²) < 4.78 is 38.8. The minimum Gasteiger partial charge on any atom is -0.508 e. The first kappa shape index (κ1) is 19.4. The molecule has 0 radical (unpaired) electrons.